The lowest BCUT2D eigenvalue weighted by Gasteiger charge is -2.13. The fourth-order valence-electron chi connectivity index (χ4n) is 1.54. The Morgan fingerprint density at radius 1 is 1.17 bits per heavy atom. The predicted octanol–water partition coefficient (Wildman–Crippen LogP) is 6.53. The summed E-state index contributed by atoms with van der Waals surface area (Å²) in [4.78, 5) is 1.34. The summed E-state index contributed by atoms with van der Waals surface area (Å²) >= 11 is 15.9. The van der Waals surface area contributed by atoms with Crippen molar-refractivity contribution in [1.82, 2.24) is 0 Å². The molecular formula is C12H8Br4OS. The number of ether oxygens (including phenoxy) is 1. The normalized spacial score (nSPS) is 12.5. The van der Waals surface area contributed by atoms with E-state index in [-0.39, 0.29) is 4.83 Å². The van der Waals surface area contributed by atoms with Crippen LogP contribution >= 0.6 is 75.1 Å². The molecular weight excluding hydrogens is 512 g/mol. The van der Waals surface area contributed by atoms with Gasteiger partial charge in [0.1, 0.15) is 5.75 Å². The highest BCUT2D eigenvalue weighted by Crippen LogP contribution is 2.44. The molecule has 1 unspecified atom stereocenters. The minimum absolute atomic E-state index is 0.119. The largest absolute Gasteiger partial charge is 0.496 e. The number of methoxy groups -OCH3 is 1. The molecule has 0 aliphatic heterocycles. The second-order valence-electron chi connectivity index (χ2n) is 3.52. The zero-order chi connectivity index (χ0) is 13.3. The van der Waals surface area contributed by atoms with Crippen molar-refractivity contribution in [3.63, 3.8) is 0 Å². The first kappa shape index (κ1) is 15.0. The Bertz CT molecular complexity index is 548. The molecule has 6 heteroatoms. The first-order valence-electron chi connectivity index (χ1n) is 4.95. The van der Waals surface area contributed by atoms with Crippen molar-refractivity contribution in [3.05, 3.63) is 47.4 Å². The summed E-state index contributed by atoms with van der Waals surface area (Å²) in [5, 5.41) is 0. The minimum Gasteiger partial charge on any atom is -0.496 e. The molecule has 2 aromatic rings. The fourth-order valence-corrected chi connectivity index (χ4v) is 4.75. The molecule has 1 nitrogen and oxygen atoms in total. The smallest absolute Gasteiger partial charge is 0.124 e. The number of rotatable bonds is 3. The lowest BCUT2D eigenvalue weighted by atomic mass is 10.1. The van der Waals surface area contributed by atoms with Crippen molar-refractivity contribution in [2.75, 3.05) is 7.11 Å². The van der Waals surface area contributed by atoms with Crippen molar-refractivity contribution < 1.29 is 4.74 Å². The zero-order valence-corrected chi connectivity index (χ0v) is 16.4. The molecule has 0 aliphatic carbocycles. The molecule has 0 amide bonds. The van der Waals surface area contributed by atoms with Gasteiger partial charge in [-0.1, -0.05) is 37.9 Å². The van der Waals surface area contributed by atoms with Crippen LogP contribution in [0.5, 0.6) is 5.75 Å². The molecule has 1 aromatic carbocycles. The van der Waals surface area contributed by atoms with E-state index in [2.05, 4.69) is 75.9 Å². The van der Waals surface area contributed by atoms with E-state index < -0.39 is 0 Å². The third-order valence-corrected chi connectivity index (χ3v) is 7.49. The Kier molecular flexibility index (Phi) is 5.34. The van der Waals surface area contributed by atoms with E-state index in [0.29, 0.717) is 0 Å². The van der Waals surface area contributed by atoms with Gasteiger partial charge in [-0.25, -0.2) is 0 Å². The van der Waals surface area contributed by atoms with Crippen LogP contribution in [0.25, 0.3) is 0 Å². The first-order chi connectivity index (χ1) is 8.52. The summed E-state index contributed by atoms with van der Waals surface area (Å²) < 4.78 is 8.61. The van der Waals surface area contributed by atoms with Gasteiger partial charge in [0.25, 0.3) is 0 Å². The van der Waals surface area contributed by atoms with Crippen molar-refractivity contribution in [3.8, 4) is 5.75 Å². The maximum atomic E-state index is 5.43. The molecule has 1 heterocycles. The molecule has 0 aliphatic rings. The monoisotopic (exact) mass is 516 g/mol. The number of halogens is 4. The Balaban J connectivity index is 2.42. The molecule has 0 saturated heterocycles. The first-order valence-corrected chi connectivity index (χ1v) is 9.06. The Morgan fingerprint density at radius 2 is 1.89 bits per heavy atom. The van der Waals surface area contributed by atoms with Gasteiger partial charge in [0.2, 0.25) is 0 Å². The van der Waals surface area contributed by atoms with Crippen LogP contribution in [0.3, 0.4) is 0 Å². The van der Waals surface area contributed by atoms with E-state index in [1.165, 1.54) is 4.88 Å². The van der Waals surface area contributed by atoms with Crippen LogP contribution in [0.4, 0.5) is 0 Å². The van der Waals surface area contributed by atoms with Crippen molar-refractivity contribution >= 4 is 75.1 Å². The second kappa shape index (κ2) is 6.39. The van der Waals surface area contributed by atoms with Crippen LogP contribution in [-0.2, 0) is 0 Å². The maximum absolute atomic E-state index is 5.43. The quantitative estimate of drug-likeness (QED) is 0.419. The van der Waals surface area contributed by atoms with Gasteiger partial charge in [0, 0.05) is 19.4 Å². The maximum Gasteiger partial charge on any atom is 0.124 e. The van der Waals surface area contributed by atoms with Gasteiger partial charge >= 0.3 is 0 Å². The van der Waals surface area contributed by atoms with Gasteiger partial charge in [-0.05, 0) is 50.1 Å². The Labute approximate surface area is 143 Å². The highest BCUT2D eigenvalue weighted by molar-refractivity contribution is 9.13. The second-order valence-corrected chi connectivity index (χ2v) is 8.61. The molecule has 96 valence electrons. The summed E-state index contributed by atoms with van der Waals surface area (Å²) in [6.45, 7) is 0. The van der Waals surface area contributed by atoms with Gasteiger partial charge in [-0.3, -0.25) is 0 Å². The average molecular weight is 520 g/mol. The molecule has 0 saturated carbocycles. The standard InChI is InChI=1S/C12H8Br4OS/c1-17-9-4-6(13)2-3-7(9)11(15)10-5-8(14)12(16)18-10/h2-5,11H,1H3. The third-order valence-electron chi connectivity index (χ3n) is 2.38. The summed E-state index contributed by atoms with van der Waals surface area (Å²) in [5.41, 5.74) is 1.11. The highest BCUT2D eigenvalue weighted by atomic mass is 79.9. The highest BCUT2D eigenvalue weighted by Gasteiger charge is 2.18. The summed E-state index contributed by atoms with van der Waals surface area (Å²) in [6.07, 6.45) is 0. The Morgan fingerprint density at radius 3 is 2.44 bits per heavy atom. The number of thiophene rings is 1. The van der Waals surface area contributed by atoms with E-state index in [1.807, 2.05) is 12.1 Å². The van der Waals surface area contributed by atoms with E-state index in [9.17, 15) is 0 Å². The molecule has 0 bridgehead atoms. The van der Waals surface area contributed by atoms with Gasteiger partial charge < -0.3 is 4.74 Å². The molecule has 0 spiro atoms. The average Bonchev–Trinajstić information content (AvgIpc) is 2.68. The lowest BCUT2D eigenvalue weighted by molar-refractivity contribution is 0.410. The van der Waals surface area contributed by atoms with Crippen LogP contribution in [-0.4, -0.2) is 7.11 Å². The molecule has 1 atom stereocenters. The molecule has 2 rings (SSSR count). The van der Waals surface area contributed by atoms with Gasteiger partial charge in [-0.2, -0.15) is 0 Å². The number of hydrogen-bond acceptors (Lipinski definition) is 2. The van der Waals surface area contributed by atoms with Gasteiger partial charge in [0.05, 0.1) is 15.7 Å². The van der Waals surface area contributed by atoms with E-state index >= 15 is 0 Å². The summed E-state index contributed by atoms with van der Waals surface area (Å²) in [5.74, 6) is 0.867. The number of hydrogen-bond donors (Lipinski definition) is 0. The minimum atomic E-state index is 0.119. The lowest BCUT2D eigenvalue weighted by Crippen LogP contribution is -1.95. The fraction of sp³-hybridized carbons (Fsp3) is 0.167. The van der Waals surface area contributed by atoms with Crippen LogP contribution in [0, 0.1) is 0 Å². The van der Waals surface area contributed by atoms with Gasteiger partial charge in [-0.15, -0.1) is 11.3 Å². The third kappa shape index (κ3) is 3.20. The van der Waals surface area contributed by atoms with Crippen LogP contribution in [0.15, 0.2) is 37.0 Å². The molecule has 0 fully saturated rings. The van der Waals surface area contributed by atoms with Gasteiger partial charge in [0.15, 0.2) is 0 Å². The predicted molar refractivity (Wildman–Crippen MR) is 91.2 cm³/mol. The van der Waals surface area contributed by atoms with Crippen molar-refractivity contribution in [2.24, 2.45) is 0 Å². The SMILES string of the molecule is COc1cc(Br)ccc1C(Br)c1cc(Br)c(Br)s1. The van der Waals surface area contributed by atoms with Crippen LogP contribution in [0.1, 0.15) is 15.3 Å². The summed E-state index contributed by atoms with van der Waals surface area (Å²) in [7, 11) is 1.69. The number of alkyl halides is 1. The van der Waals surface area contributed by atoms with E-state index in [1.54, 1.807) is 18.4 Å². The van der Waals surface area contributed by atoms with E-state index in [4.69, 9.17) is 4.74 Å². The number of benzene rings is 1. The van der Waals surface area contributed by atoms with Crippen molar-refractivity contribution in [2.45, 2.75) is 4.83 Å². The Hall–Kier alpha value is 0.640. The molecule has 18 heavy (non-hydrogen) atoms. The van der Waals surface area contributed by atoms with Crippen molar-refractivity contribution in [1.29, 1.82) is 0 Å². The zero-order valence-electron chi connectivity index (χ0n) is 9.22. The van der Waals surface area contributed by atoms with E-state index in [0.717, 1.165) is 24.0 Å². The molecule has 0 radical (unpaired) electrons. The van der Waals surface area contributed by atoms with Crippen LogP contribution < -0.4 is 4.74 Å². The van der Waals surface area contributed by atoms with Crippen LogP contribution in [0.2, 0.25) is 0 Å². The summed E-state index contributed by atoms with van der Waals surface area (Å²) in [6, 6.07) is 8.16. The molecule has 1 aromatic heterocycles. The molecule has 0 N–H and O–H groups in total. The topological polar surface area (TPSA) is 9.23 Å².